The lowest BCUT2D eigenvalue weighted by Crippen LogP contribution is -2.24. The molecule has 1 aliphatic rings. The third-order valence-electron chi connectivity index (χ3n) is 3.96. The molecule has 1 aliphatic carbocycles. The molecule has 0 amide bonds. The van der Waals surface area contributed by atoms with Crippen LogP contribution in [0.5, 0.6) is 5.75 Å². The molecule has 0 radical (unpaired) electrons. The predicted molar refractivity (Wildman–Crippen MR) is 88.7 cm³/mol. The molecule has 0 spiro atoms. The van der Waals surface area contributed by atoms with Crippen molar-refractivity contribution in [1.29, 1.82) is 0 Å². The van der Waals surface area contributed by atoms with E-state index in [0.29, 0.717) is 6.04 Å². The molecule has 112 valence electrons. The third-order valence-corrected chi connectivity index (χ3v) is 4.65. The fourth-order valence-electron chi connectivity index (χ4n) is 2.60. The highest BCUT2D eigenvalue weighted by atomic mass is 32.2. The molecule has 0 bridgehead atoms. The van der Waals surface area contributed by atoms with Gasteiger partial charge >= 0.3 is 0 Å². The minimum absolute atomic E-state index is 0.543. The van der Waals surface area contributed by atoms with E-state index in [0.717, 1.165) is 18.2 Å². The standard InChI is InChI=1S/C17H27NOS/c1-19-16-10-8-15(9-11-16)17(14-6-7-14)18-12-4-3-5-13-20-2/h8-11,14,17-18H,3-7,12-13H2,1-2H3. The summed E-state index contributed by atoms with van der Waals surface area (Å²) in [6.45, 7) is 1.14. The van der Waals surface area contributed by atoms with Crippen LogP contribution >= 0.6 is 11.8 Å². The maximum atomic E-state index is 5.24. The lowest BCUT2D eigenvalue weighted by atomic mass is 10.0. The smallest absolute Gasteiger partial charge is 0.118 e. The Morgan fingerprint density at radius 2 is 1.95 bits per heavy atom. The zero-order valence-electron chi connectivity index (χ0n) is 12.7. The Labute approximate surface area is 127 Å². The molecule has 0 saturated heterocycles. The van der Waals surface area contributed by atoms with Crippen LogP contribution in [0.3, 0.4) is 0 Å². The van der Waals surface area contributed by atoms with Crippen LogP contribution < -0.4 is 10.1 Å². The van der Waals surface area contributed by atoms with E-state index in [1.165, 1.54) is 43.4 Å². The molecule has 1 atom stereocenters. The van der Waals surface area contributed by atoms with Gasteiger partial charge in [-0.1, -0.05) is 18.6 Å². The van der Waals surface area contributed by atoms with E-state index >= 15 is 0 Å². The number of thioether (sulfide) groups is 1. The Balaban J connectivity index is 1.78. The molecule has 1 unspecified atom stereocenters. The highest BCUT2D eigenvalue weighted by Crippen LogP contribution is 2.41. The van der Waals surface area contributed by atoms with Gasteiger partial charge in [-0.2, -0.15) is 11.8 Å². The fourth-order valence-corrected chi connectivity index (χ4v) is 3.10. The molecule has 3 heteroatoms. The maximum absolute atomic E-state index is 5.24. The summed E-state index contributed by atoms with van der Waals surface area (Å²) >= 11 is 1.95. The second kappa shape index (κ2) is 8.58. The van der Waals surface area contributed by atoms with Crippen LogP contribution in [0.15, 0.2) is 24.3 Å². The van der Waals surface area contributed by atoms with Gasteiger partial charge in [-0.25, -0.2) is 0 Å². The van der Waals surface area contributed by atoms with Crippen LogP contribution in [0.4, 0.5) is 0 Å². The van der Waals surface area contributed by atoms with Gasteiger partial charge in [-0.15, -0.1) is 0 Å². The predicted octanol–water partition coefficient (Wildman–Crippen LogP) is 4.27. The SMILES string of the molecule is COc1ccc(C(NCCCCCSC)C2CC2)cc1. The number of nitrogens with one attached hydrogen (secondary N) is 1. The summed E-state index contributed by atoms with van der Waals surface area (Å²) < 4.78 is 5.24. The van der Waals surface area contributed by atoms with Gasteiger partial charge in [0.05, 0.1) is 7.11 Å². The number of rotatable bonds is 10. The van der Waals surface area contributed by atoms with Crippen LogP contribution in [0.1, 0.15) is 43.7 Å². The third kappa shape index (κ3) is 5.02. The van der Waals surface area contributed by atoms with Crippen molar-refractivity contribution in [3.63, 3.8) is 0 Å². The van der Waals surface area contributed by atoms with Crippen molar-refractivity contribution >= 4 is 11.8 Å². The summed E-state index contributed by atoms with van der Waals surface area (Å²) in [6.07, 6.45) is 8.91. The summed E-state index contributed by atoms with van der Waals surface area (Å²) in [5.41, 5.74) is 1.41. The van der Waals surface area contributed by atoms with Crippen molar-refractivity contribution in [2.24, 2.45) is 5.92 Å². The zero-order valence-corrected chi connectivity index (χ0v) is 13.5. The first-order valence-corrected chi connectivity index (χ1v) is 9.11. The second-order valence-electron chi connectivity index (χ2n) is 5.60. The molecular weight excluding hydrogens is 266 g/mol. The quantitative estimate of drug-likeness (QED) is 0.651. The molecule has 1 aromatic rings. The zero-order chi connectivity index (χ0) is 14.2. The fraction of sp³-hybridized carbons (Fsp3) is 0.647. The molecule has 20 heavy (non-hydrogen) atoms. The number of ether oxygens (including phenoxy) is 1. The molecule has 0 heterocycles. The van der Waals surface area contributed by atoms with Crippen molar-refractivity contribution in [3.05, 3.63) is 29.8 Å². The monoisotopic (exact) mass is 293 g/mol. The number of hydrogen-bond acceptors (Lipinski definition) is 3. The minimum atomic E-state index is 0.543. The lowest BCUT2D eigenvalue weighted by Gasteiger charge is -2.19. The molecule has 2 nitrogen and oxygen atoms in total. The van der Waals surface area contributed by atoms with E-state index in [2.05, 4.69) is 35.8 Å². The molecular formula is C17H27NOS. The van der Waals surface area contributed by atoms with E-state index in [9.17, 15) is 0 Å². The van der Waals surface area contributed by atoms with Gasteiger partial charge in [0.2, 0.25) is 0 Å². The van der Waals surface area contributed by atoms with E-state index in [1.54, 1.807) is 7.11 Å². The average molecular weight is 293 g/mol. The van der Waals surface area contributed by atoms with E-state index in [1.807, 2.05) is 11.8 Å². The van der Waals surface area contributed by atoms with Gasteiger partial charge in [-0.3, -0.25) is 0 Å². The molecule has 1 saturated carbocycles. The average Bonchev–Trinajstić information content (AvgIpc) is 3.31. The van der Waals surface area contributed by atoms with Gasteiger partial charge in [0.25, 0.3) is 0 Å². The number of hydrogen-bond donors (Lipinski definition) is 1. The summed E-state index contributed by atoms with van der Waals surface area (Å²) in [5, 5.41) is 3.76. The van der Waals surface area contributed by atoms with Gasteiger partial charge in [0.1, 0.15) is 5.75 Å². The van der Waals surface area contributed by atoms with Crippen LogP contribution in [-0.2, 0) is 0 Å². The Kier molecular flexibility index (Phi) is 6.74. The van der Waals surface area contributed by atoms with E-state index in [4.69, 9.17) is 4.74 Å². The van der Waals surface area contributed by atoms with Gasteiger partial charge < -0.3 is 10.1 Å². The molecule has 2 rings (SSSR count). The maximum Gasteiger partial charge on any atom is 0.118 e. The highest BCUT2D eigenvalue weighted by molar-refractivity contribution is 7.98. The summed E-state index contributed by atoms with van der Waals surface area (Å²) in [6, 6.07) is 9.11. The van der Waals surface area contributed by atoms with Crippen molar-refractivity contribution in [2.75, 3.05) is 25.7 Å². The topological polar surface area (TPSA) is 21.3 Å². The Morgan fingerprint density at radius 3 is 2.55 bits per heavy atom. The van der Waals surface area contributed by atoms with Crippen molar-refractivity contribution < 1.29 is 4.74 Å². The molecule has 1 fully saturated rings. The molecule has 0 aromatic heterocycles. The van der Waals surface area contributed by atoms with Crippen LogP contribution in [-0.4, -0.2) is 25.7 Å². The van der Waals surface area contributed by atoms with Gasteiger partial charge in [0, 0.05) is 6.04 Å². The first-order valence-electron chi connectivity index (χ1n) is 7.71. The highest BCUT2D eigenvalue weighted by Gasteiger charge is 2.31. The van der Waals surface area contributed by atoms with Crippen molar-refractivity contribution in [1.82, 2.24) is 5.32 Å². The Hall–Kier alpha value is -0.670. The normalized spacial score (nSPS) is 16.1. The first kappa shape index (κ1) is 15.7. The molecule has 0 aliphatic heterocycles. The van der Waals surface area contributed by atoms with Crippen LogP contribution in [0.25, 0.3) is 0 Å². The summed E-state index contributed by atoms with van der Waals surface area (Å²) in [5.74, 6) is 3.08. The number of unbranched alkanes of at least 4 members (excludes halogenated alkanes) is 2. The second-order valence-corrected chi connectivity index (χ2v) is 6.58. The van der Waals surface area contributed by atoms with Gasteiger partial charge in [-0.05, 0) is 67.9 Å². The Bertz CT molecular complexity index is 375. The first-order chi connectivity index (χ1) is 9.85. The van der Waals surface area contributed by atoms with Crippen molar-refractivity contribution in [3.8, 4) is 5.75 Å². The minimum Gasteiger partial charge on any atom is -0.497 e. The van der Waals surface area contributed by atoms with Crippen molar-refractivity contribution in [2.45, 2.75) is 38.1 Å². The Morgan fingerprint density at radius 1 is 1.20 bits per heavy atom. The van der Waals surface area contributed by atoms with Crippen LogP contribution in [0, 0.1) is 5.92 Å². The number of benzene rings is 1. The van der Waals surface area contributed by atoms with Crippen LogP contribution in [0.2, 0.25) is 0 Å². The van der Waals surface area contributed by atoms with Gasteiger partial charge in [0.15, 0.2) is 0 Å². The van der Waals surface area contributed by atoms with E-state index in [-0.39, 0.29) is 0 Å². The van der Waals surface area contributed by atoms with E-state index < -0.39 is 0 Å². The summed E-state index contributed by atoms with van der Waals surface area (Å²) in [7, 11) is 1.72. The molecule has 1 aromatic carbocycles. The number of methoxy groups -OCH3 is 1. The summed E-state index contributed by atoms with van der Waals surface area (Å²) in [4.78, 5) is 0. The lowest BCUT2D eigenvalue weighted by molar-refractivity contribution is 0.413. The largest absolute Gasteiger partial charge is 0.497 e. The molecule has 1 N–H and O–H groups in total.